The minimum absolute atomic E-state index is 0.106. The second-order valence-corrected chi connectivity index (χ2v) is 4.38. The lowest BCUT2D eigenvalue weighted by Gasteiger charge is -2.23. The van der Waals surface area contributed by atoms with Gasteiger partial charge in [-0.15, -0.1) is 8.78 Å². The summed E-state index contributed by atoms with van der Waals surface area (Å²) >= 11 is 0. The Bertz CT molecular complexity index is 431. The normalized spacial score (nSPS) is 25.9. The molecule has 1 atom stereocenters. The van der Waals surface area contributed by atoms with Crippen molar-refractivity contribution in [2.24, 2.45) is 0 Å². The number of hydrogen-bond donors (Lipinski definition) is 1. The topological polar surface area (TPSA) is 30.5 Å². The number of nitrogens with one attached hydrogen (secondary N) is 1. The maximum Gasteiger partial charge on any atom is 0.586 e. The van der Waals surface area contributed by atoms with Crippen molar-refractivity contribution in [3.05, 3.63) is 23.8 Å². The van der Waals surface area contributed by atoms with Gasteiger partial charge in [0.15, 0.2) is 11.5 Å². The Morgan fingerprint density at radius 2 is 2.00 bits per heavy atom. The summed E-state index contributed by atoms with van der Waals surface area (Å²) < 4.78 is 34.5. The first-order chi connectivity index (χ1) is 8.14. The summed E-state index contributed by atoms with van der Waals surface area (Å²) in [7, 11) is 0. The van der Waals surface area contributed by atoms with E-state index in [4.69, 9.17) is 0 Å². The number of benzene rings is 1. The van der Waals surface area contributed by atoms with Crippen molar-refractivity contribution in [1.82, 2.24) is 5.32 Å². The van der Waals surface area contributed by atoms with Gasteiger partial charge >= 0.3 is 6.29 Å². The van der Waals surface area contributed by atoms with Gasteiger partial charge in [0.2, 0.25) is 0 Å². The number of alkyl halides is 2. The van der Waals surface area contributed by atoms with Crippen molar-refractivity contribution in [3.8, 4) is 11.5 Å². The molecule has 1 N–H and O–H groups in total. The Balaban J connectivity index is 1.85. The van der Waals surface area contributed by atoms with Gasteiger partial charge in [0.05, 0.1) is 0 Å². The lowest BCUT2D eigenvalue weighted by molar-refractivity contribution is -0.286. The lowest BCUT2D eigenvalue weighted by atomic mass is 9.97. The predicted octanol–water partition coefficient (Wildman–Crippen LogP) is 2.82. The summed E-state index contributed by atoms with van der Waals surface area (Å²) in [5.74, 6) is 0.231. The van der Waals surface area contributed by atoms with Crippen LogP contribution in [0.5, 0.6) is 11.5 Å². The Morgan fingerprint density at radius 3 is 2.76 bits per heavy atom. The van der Waals surface area contributed by atoms with Crippen LogP contribution < -0.4 is 14.8 Å². The highest BCUT2D eigenvalue weighted by Gasteiger charge is 2.43. The fourth-order valence-electron chi connectivity index (χ4n) is 2.32. The average Bonchev–Trinajstić information content (AvgIpc) is 2.63. The monoisotopic (exact) mass is 241 g/mol. The van der Waals surface area contributed by atoms with Crippen LogP contribution in [0.4, 0.5) is 8.78 Å². The molecule has 1 fully saturated rings. The molecular formula is C12H13F2NO2. The van der Waals surface area contributed by atoms with Crippen molar-refractivity contribution in [2.75, 3.05) is 6.54 Å². The summed E-state index contributed by atoms with van der Waals surface area (Å²) in [6.45, 7) is 0.968. The molecule has 92 valence electrons. The van der Waals surface area contributed by atoms with Gasteiger partial charge in [0, 0.05) is 6.04 Å². The largest absolute Gasteiger partial charge is 0.586 e. The highest BCUT2D eigenvalue weighted by atomic mass is 19.3. The molecule has 2 aliphatic rings. The number of halogens is 2. The maximum absolute atomic E-state index is 12.9. The van der Waals surface area contributed by atoms with Gasteiger partial charge in [-0.2, -0.15) is 0 Å². The summed E-state index contributed by atoms with van der Waals surface area (Å²) in [5, 5.41) is 3.36. The van der Waals surface area contributed by atoms with E-state index >= 15 is 0 Å². The van der Waals surface area contributed by atoms with Crippen LogP contribution in [-0.2, 0) is 0 Å². The van der Waals surface area contributed by atoms with Crippen LogP contribution in [0.3, 0.4) is 0 Å². The molecule has 17 heavy (non-hydrogen) atoms. The number of fused-ring (bicyclic) bond motifs is 1. The van der Waals surface area contributed by atoms with Gasteiger partial charge in [0.1, 0.15) is 0 Å². The molecule has 0 bridgehead atoms. The predicted molar refractivity (Wildman–Crippen MR) is 57.2 cm³/mol. The first-order valence-electron chi connectivity index (χ1n) is 5.77. The molecule has 0 saturated carbocycles. The van der Waals surface area contributed by atoms with E-state index in [0.29, 0.717) is 0 Å². The van der Waals surface area contributed by atoms with Crippen LogP contribution in [-0.4, -0.2) is 12.8 Å². The molecule has 3 nitrogen and oxygen atoms in total. The molecule has 0 radical (unpaired) electrons. The summed E-state index contributed by atoms with van der Waals surface area (Å²) in [6, 6.07) is 5.22. The molecule has 0 aromatic heterocycles. The third-order valence-corrected chi connectivity index (χ3v) is 3.14. The molecule has 3 rings (SSSR count). The smallest absolute Gasteiger partial charge is 0.395 e. The Morgan fingerprint density at radius 1 is 1.18 bits per heavy atom. The molecule has 2 aliphatic heterocycles. The molecule has 0 unspecified atom stereocenters. The van der Waals surface area contributed by atoms with E-state index in [1.807, 2.05) is 6.07 Å². The van der Waals surface area contributed by atoms with Crippen molar-refractivity contribution >= 4 is 0 Å². The fourth-order valence-corrected chi connectivity index (χ4v) is 2.32. The van der Waals surface area contributed by atoms with E-state index in [0.717, 1.165) is 24.9 Å². The first kappa shape index (κ1) is 10.8. The second-order valence-electron chi connectivity index (χ2n) is 4.38. The molecular weight excluding hydrogens is 228 g/mol. The van der Waals surface area contributed by atoms with E-state index in [9.17, 15) is 8.78 Å². The van der Waals surface area contributed by atoms with Gasteiger partial charge in [-0.3, -0.25) is 0 Å². The van der Waals surface area contributed by atoms with Crippen LogP contribution in [0, 0.1) is 0 Å². The van der Waals surface area contributed by atoms with E-state index in [-0.39, 0.29) is 17.5 Å². The maximum atomic E-state index is 12.9. The van der Waals surface area contributed by atoms with Crippen LogP contribution in [0.2, 0.25) is 0 Å². The van der Waals surface area contributed by atoms with E-state index in [2.05, 4.69) is 14.8 Å². The number of ether oxygens (including phenoxy) is 2. The quantitative estimate of drug-likeness (QED) is 0.820. The zero-order valence-electron chi connectivity index (χ0n) is 9.21. The summed E-state index contributed by atoms with van der Waals surface area (Å²) in [6.07, 6.45) is -0.182. The molecule has 1 saturated heterocycles. The third kappa shape index (κ3) is 2.07. The SMILES string of the molecule is FC1(F)Oc2ccc([C@H]3CCCCN3)cc2O1. The number of rotatable bonds is 1. The van der Waals surface area contributed by atoms with Crippen molar-refractivity contribution in [1.29, 1.82) is 0 Å². The van der Waals surface area contributed by atoms with Crippen LogP contribution >= 0.6 is 0 Å². The Hall–Kier alpha value is -1.36. The number of hydrogen-bond acceptors (Lipinski definition) is 3. The third-order valence-electron chi connectivity index (χ3n) is 3.14. The van der Waals surface area contributed by atoms with Gasteiger partial charge in [0.25, 0.3) is 0 Å². The molecule has 1 aromatic rings. The van der Waals surface area contributed by atoms with E-state index in [1.165, 1.54) is 6.42 Å². The molecule has 0 amide bonds. The van der Waals surface area contributed by atoms with Gasteiger partial charge in [-0.1, -0.05) is 12.5 Å². The number of piperidine rings is 1. The van der Waals surface area contributed by atoms with Crippen LogP contribution in [0.1, 0.15) is 30.9 Å². The highest BCUT2D eigenvalue weighted by Crippen LogP contribution is 2.42. The summed E-state index contributed by atoms with van der Waals surface area (Å²) in [5.41, 5.74) is 0.977. The van der Waals surface area contributed by atoms with Crippen LogP contribution in [0.25, 0.3) is 0 Å². The Labute approximate surface area is 97.7 Å². The Kier molecular flexibility index (Phi) is 2.43. The highest BCUT2D eigenvalue weighted by molar-refractivity contribution is 5.46. The first-order valence-corrected chi connectivity index (χ1v) is 5.77. The average molecular weight is 241 g/mol. The standard InChI is InChI=1S/C12H13F2NO2/c13-12(14)16-10-5-4-8(7-11(10)17-12)9-3-1-2-6-15-9/h4-5,7,9,15H,1-3,6H2/t9-/m1/s1. The molecule has 0 aliphatic carbocycles. The lowest BCUT2D eigenvalue weighted by Crippen LogP contribution is -2.26. The molecule has 2 heterocycles. The molecule has 0 spiro atoms. The van der Waals surface area contributed by atoms with Gasteiger partial charge in [-0.05, 0) is 37.1 Å². The van der Waals surface area contributed by atoms with Gasteiger partial charge < -0.3 is 14.8 Å². The minimum Gasteiger partial charge on any atom is -0.395 e. The van der Waals surface area contributed by atoms with Gasteiger partial charge in [-0.25, -0.2) is 0 Å². The van der Waals surface area contributed by atoms with E-state index < -0.39 is 6.29 Å². The fraction of sp³-hybridized carbons (Fsp3) is 0.500. The van der Waals surface area contributed by atoms with E-state index in [1.54, 1.807) is 12.1 Å². The molecule has 5 heteroatoms. The van der Waals surface area contributed by atoms with Crippen molar-refractivity contribution in [3.63, 3.8) is 0 Å². The van der Waals surface area contributed by atoms with Crippen molar-refractivity contribution < 1.29 is 18.3 Å². The van der Waals surface area contributed by atoms with Crippen molar-refractivity contribution in [2.45, 2.75) is 31.6 Å². The minimum atomic E-state index is -3.53. The second kappa shape index (κ2) is 3.84. The zero-order valence-corrected chi connectivity index (χ0v) is 9.21. The molecule has 1 aromatic carbocycles. The van der Waals surface area contributed by atoms with Crippen LogP contribution in [0.15, 0.2) is 18.2 Å². The summed E-state index contributed by atoms with van der Waals surface area (Å²) in [4.78, 5) is 0. The zero-order chi connectivity index (χ0) is 11.9.